The molecule has 2 aromatic carbocycles. The summed E-state index contributed by atoms with van der Waals surface area (Å²) < 4.78 is 24.6. The van der Waals surface area contributed by atoms with Gasteiger partial charge in [-0.1, -0.05) is 30.3 Å². The second kappa shape index (κ2) is 10.1. The lowest BCUT2D eigenvalue weighted by molar-refractivity contribution is -0.140. The largest absolute Gasteiger partial charge is 0.497 e. The number of hydrogen-bond acceptors (Lipinski definition) is 6. The zero-order valence-corrected chi connectivity index (χ0v) is 20.9. The molecule has 1 aliphatic heterocycles. The second-order valence-electron chi connectivity index (χ2n) is 9.01. The van der Waals surface area contributed by atoms with Crippen LogP contribution in [0.1, 0.15) is 47.6 Å². The molecule has 2 heterocycles. The monoisotopic (exact) mass is 503 g/mol. The number of hydrogen-bond donors (Lipinski definition) is 1. The topological polar surface area (TPSA) is 64.6 Å². The van der Waals surface area contributed by atoms with Gasteiger partial charge in [0.05, 0.1) is 12.7 Å². The molecule has 0 unspecified atom stereocenters. The van der Waals surface area contributed by atoms with Gasteiger partial charge in [-0.3, -0.25) is 4.79 Å². The van der Waals surface area contributed by atoms with Crippen LogP contribution in [0.4, 0.5) is 4.39 Å². The van der Waals surface area contributed by atoms with Gasteiger partial charge in [0.15, 0.2) is 5.78 Å². The van der Waals surface area contributed by atoms with Crippen molar-refractivity contribution in [1.29, 1.82) is 0 Å². The smallest absolute Gasteiger partial charge is 0.337 e. The third-order valence-electron chi connectivity index (χ3n) is 6.73. The molecule has 2 aliphatic rings. The first-order valence-electron chi connectivity index (χ1n) is 11.8. The van der Waals surface area contributed by atoms with E-state index in [1.54, 1.807) is 42.7 Å². The number of esters is 1. The molecule has 36 heavy (non-hydrogen) atoms. The Bertz CT molecular complexity index is 1340. The molecular weight excluding hydrogens is 477 g/mol. The Hall–Kier alpha value is -3.71. The van der Waals surface area contributed by atoms with Gasteiger partial charge in [0.1, 0.15) is 18.2 Å². The summed E-state index contributed by atoms with van der Waals surface area (Å²) in [5, 5.41) is 5.36. The highest BCUT2D eigenvalue weighted by atomic mass is 32.1. The van der Waals surface area contributed by atoms with Crippen molar-refractivity contribution < 1.29 is 23.5 Å². The Morgan fingerprint density at radius 3 is 2.50 bits per heavy atom. The van der Waals surface area contributed by atoms with Crippen molar-refractivity contribution in [2.75, 3.05) is 7.11 Å². The van der Waals surface area contributed by atoms with Gasteiger partial charge in [0, 0.05) is 40.1 Å². The van der Waals surface area contributed by atoms with E-state index in [1.165, 1.54) is 17.0 Å². The number of nitrogens with one attached hydrogen (secondary N) is 1. The van der Waals surface area contributed by atoms with Gasteiger partial charge in [-0.15, -0.1) is 11.3 Å². The lowest BCUT2D eigenvalue weighted by Gasteiger charge is -2.36. The average molecular weight is 504 g/mol. The first-order chi connectivity index (χ1) is 17.4. The standard InChI is InChI=1S/C29H26FNO4S/c1-17-26(29(33)35-16-18-5-11-22(34-2)12-6-18)27(19-7-9-21(30)10-8-19)28-23(31-17)14-20(15-24(28)32)25-4-3-13-36-25/h3-13,20,27,31H,14-16H2,1-2H3/t20-,27-/m1/s1. The Balaban J connectivity index is 1.47. The summed E-state index contributed by atoms with van der Waals surface area (Å²) in [7, 11) is 1.59. The maximum atomic E-state index is 13.8. The number of ketones is 1. The number of ether oxygens (including phenoxy) is 2. The summed E-state index contributed by atoms with van der Waals surface area (Å²) >= 11 is 1.64. The van der Waals surface area contributed by atoms with Gasteiger partial charge in [-0.2, -0.15) is 0 Å². The highest BCUT2D eigenvalue weighted by Gasteiger charge is 2.41. The number of rotatable bonds is 6. The third-order valence-corrected chi connectivity index (χ3v) is 7.76. The predicted molar refractivity (Wildman–Crippen MR) is 136 cm³/mol. The molecule has 2 atom stereocenters. The van der Waals surface area contributed by atoms with Crippen molar-refractivity contribution >= 4 is 23.1 Å². The zero-order valence-electron chi connectivity index (χ0n) is 20.0. The van der Waals surface area contributed by atoms with Gasteiger partial charge < -0.3 is 14.8 Å². The fourth-order valence-corrected chi connectivity index (χ4v) is 5.80. The van der Waals surface area contributed by atoms with Crippen molar-refractivity contribution in [3.8, 4) is 5.75 Å². The Morgan fingerprint density at radius 2 is 1.83 bits per heavy atom. The van der Waals surface area contributed by atoms with Crippen LogP contribution in [-0.2, 0) is 20.9 Å². The lowest BCUT2D eigenvalue weighted by atomic mass is 9.72. The number of halogens is 1. The minimum Gasteiger partial charge on any atom is -0.497 e. The molecule has 5 nitrogen and oxygen atoms in total. The summed E-state index contributed by atoms with van der Waals surface area (Å²) in [4.78, 5) is 28.2. The number of carbonyl (C=O) groups excluding carboxylic acids is 2. The van der Waals surface area contributed by atoms with E-state index in [0.717, 1.165) is 11.3 Å². The first-order valence-corrected chi connectivity index (χ1v) is 12.7. The van der Waals surface area contributed by atoms with Crippen molar-refractivity contribution in [2.45, 2.75) is 38.2 Å². The molecule has 0 fully saturated rings. The van der Waals surface area contributed by atoms with E-state index >= 15 is 0 Å². The highest BCUT2D eigenvalue weighted by molar-refractivity contribution is 7.10. The van der Waals surface area contributed by atoms with E-state index in [1.807, 2.05) is 30.5 Å². The van der Waals surface area contributed by atoms with E-state index in [4.69, 9.17) is 9.47 Å². The van der Waals surface area contributed by atoms with Crippen molar-refractivity contribution in [3.63, 3.8) is 0 Å². The van der Waals surface area contributed by atoms with Crippen LogP contribution in [-0.4, -0.2) is 18.9 Å². The van der Waals surface area contributed by atoms with Crippen LogP contribution in [0.3, 0.4) is 0 Å². The lowest BCUT2D eigenvalue weighted by Crippen LogP contribution is -2.36. The first kappa shape index (κ1) is 24.0. The number of thiophene rings is 1. The molecule has 0 bridgehead atoms. The van der Waals surface area contributed by atoms with E-state index in [0.29, 0.717) is 41.0 Å². The molecule has 5 rings (SSSR count). The fraction of sp³-hybridized carbons (Fsp3) is 0.241. The number of Topliss-reactive ketones (excluding diaryl/α,β-unsaturated/α-hetero) is 1. The molecule has 1 aromatic heterocycles. The van der Waals surface area contributed by atoms with Gasteiger partial charge in [-0.25, -0.2) is 9.18 Å². The van der Waals surface area contributed by atoms with Crippen LogP contribution in [0.2, 0.25) is 0 Å². The maximum absolute atomic E-state index is 13.8. The summed E-state index contributed by atoms with van der Waals surface area (Å²) in [5.74, 6) is -0.711. The summed E-state index contributed by atoms with van der Waals surface area (Å²) in [6.45, 7) is 1.90. The third kappa shape index (κ3) is 4.71. The van der Waals surface area contributed by atoms with E-state index < -0.39 is 11.9 Å². The number of dihydropyridines is 1. The number of allylic oxidation sites excluding steroid dienone is 3. The number of carbonyl (C=O) groups is 2. The molecule has 7 heteroatoms. The molecule has 1 aliphatic carbocycles. The van der Waals surface area contributed by atoms with Gasteiger partial charge in [0.25, 0.3) is 0 Å². The van der Waals surface area contributed by atoms with Crippen LogP contribution in [0.25, 0.3) is 0 Å². The average Bonchev–Trinajstić information content (AvgIpc) is 3.42. The minimum atomic E-state index is -0.623. The van der Waals surface area contributed by atoms with Crippen LogP contribution in [0.5, 0.6) is 5.75 Å². The van der Waals surface area contributed by atoms with Crippen LogP contribution < -0.4 is 10.1 Å². The normalized spacial score (nSPS) is 19.6. The Morgan fingerprint density at radius 1 is 1.08 bits per heavy atom. The van der Waals surface area contributed by atoms with E-state index in [-0.39, 0.29) is 24.1 Å². The van der Waals surface area contributed by atoms with Crippen LogP contribution in [0, 0.1) is 5.82 Å². The maximum Gasteiger partial charge on any atom is 0.337 e. The van der Waals surface area contributed by atoms with Crippen LogP contribution >= 0.6 is 11.3 Å². The molecule has 1 N–H and O–H groups in total. The fourth-order valence-electron chi connectivity index (χ4n) is 4.97. The van der Waals surface area contributed by atoms with E-state index in [9.17, 15) is 14.0 Å². The summed E-state index contributed by atoms with van der Waals surface area (Å²) in [6, 6.07) is 17.3. The van der Waals surface area contributed by atoms with E-state index in [2.05, 4.69) is 11.4 Å². The van der Waals surface area contributed by atoms with Gasteiger partial charge >= 0.3 is 5.97 Å². The summed E-state index contributed by atoms with van der Waals surface area (Å²) in [5.41, 5.74) is 3.90. The SMILES string of the molecule is COc1ccc(COC(=O)C2=C(C)NC3=C(C(=O)C[C@H](c4cccs4)C3)[C@@H]2c2ccc(F)cc2)cc1. The molecule has 0 saturated carbocycles. The quantitative estimate of drug-likeness (QED) is 0.418. The predicted octanol–water partition coefficient (Wildman–Crippen LogP) is 6.00. The molecular formula is C29H26FNO4S. The van der Waals surface area contributed by atoms with Crippen molar-refractivity contribution in [3.05, 3.63) is 110 Å². The number of benzene rings is 2. The molecule has 0 amide bonds. The Kier molecular flexibility index (Phi) is 6.74. The van der Waals surface area contributed by atoms with Gasteiger partial charge in [0.2, 0.25) is 0 Å². The van der Waals surface area contributed by atoms with Crippen LogP contribution in [0.15, 0.2) is 88.6 Å². The molecule has 0 spiro atoms. The molecule has 184 valence electrons. The number of methoxy groups -OCH3 is 1. The Labute approximate surface area is 213 Å². The zero-order chi connectivity index (χ0) is 25.2. The van der Waals surface area contributed by atoms with Crippen molar-refractivity contribution in [2.24, 2.45) is 0 Å². The molecule has 0 radical (unpaired) electrons. The molecule has 0 saturated heterocycles. The highest BCUT2D eigenvalue weighted by Crippen LogP contribution is 2.46. The van der Waals surface area contributed by atoms with Gasteiger partial charge in [-0.05, 0) is 60.2 Å². The molecule has 3 aromatic rings. The second-order valence-corrected chi connectivity index (χ2v) is 9.99. The van der Waals surface area contributed by atoms with Crippen molar-refractivity contribution in [1.82, 2.24) is 5.32 Å². The minimum absolute atomic E-state index is 0.00979. The summed E-state index contributed by atoms with van der Waals surface area (Å²) in [6.07, 6.45) is 1.04.